The van der Waals surface area contributed by atoms with Gasteiger partial charge in [0.2, 0.25) is 0 Å². The predicted molar refractivity (Wildman–Crippen MR) is 129 cm³/mol. The highest BCUT2D eigenvalue weighted by Crippen LogP contribution is 2.41. The summed E-state index contributed by atoms with van der Waals surface area (Å²) >= 11 is 7.80. The van der Waals surface area contributed by atoms with E-state index in [1.807, 2.05) is 61.5 Å². The number of hydrogen-bond acceptors (Lipinski definition) is 5. The molecule has 7 heteroatoms. The van der Waals surface area contributed by atoms with E-state index in [0.29, 0.717) is 35.1 Å². The van der Waals surface area contributed by atoms with Gasteiger partial charge < -0.3 is 14.8 Å². The first-order valence-electron chi connectivity index (χ1n) is 10.1. The maximum absolute atomic E-state index is 12.7. The second kappa shape index (κ2) is 9.67. The van der Waals surface area contributed by atoms with Gasteiger partial charge in [0.1, 0.15) is 0 Å². The van der Waals surface area contributed by atoms with E-state index in [2.05, 4.69) is 5.32 Å². The van der Waals surface area contributed by atoms with Gasteiger partial charge in [-0.25, -0.2) is 0 Å². The maximum Gasteiger partial charge on any atom is 0.251 e. The summed E-state index contributed by atoms with van der Waals surface area (Å²) in [6.45, 7) is 2.47. The van der Waals surface area contributed by atoms with Crippen molar-refractivity contribution in [3.8, 4) is 11.5 Å². The predicted octanol–water partition coefficient (Wildman–Crippen LogP) is 5.94. The average Bonchev–Trinajstić information content (AvgIpc) is 2.94. The normalized spacial score (nSPS) is 12.2. The Labute approximate surface area is 196 Å². The zero-order chi connectivity index (χ0) is 22.7. The highest BCUT2D eigenvalue weighted by Gasteiger charge is 2.17. The molecule has 1 aliphatic rings. The van der Waals surface area contributed by atoms with Gasteiger partial charge in [-0.2, -0.15) is 0 Å². The summed E-state index contributed by atoms with van der Waals surface area (Å²) in [5.41, 5.74) is 4.31. The first-order chi connectivity index (χ1) is 15.5. The Hall–Kier alpha value is -2.96. The van der Waals surface area contributed by atoms with E-state index in [4.69, 9.17) is 26.1 Å². The molecule has 1 aliphatic heterocycles. The summed E-state index contributed by atoms with van der Waals surface area (Å²) < 4.78 is 10.6. The lowest BCUT2D eigenvalue weighted by atomic mass is 10.1. The largest absolute Gasteiger partial charge is 0.493 e. The van der Waals surface area contributed by atoms with Crippen molar-refractivity contribution in [2.75, 3.05) is 20.8 Å². The Morgan fingerprint density at radius 2 is 1.78 bits per heavy atom. The number of carbonyl (C=O) groups excluding carboxylic acids is 1. The van der Waals surface area contributed by atoms with Gasteiger partial charge in [-0.05, 0) is 67.4 Å². The van der Waals surface area contributed by atoms with Crippen LogP contribution >= 0.6 is 23.4 Å². The summed E-state index contributed by atoms with van der Waals surface area (Å²) in [4.78, 5) is 19.6. The van der Waals surface area contributed by atoms with Gasteiger partial charge in [0.15, 0.2) is 11.5 Å². The number of aliphatic imine (C=N–C) groups is 1. The van der Waals surface area contributed by atoms with Gasteiger partial charge in [-0.1, -0.05) is 29.4 Å². The van der Waals surface area contributed by atoms with Crippen LogP contribution in [-0.2, 0) is 6.42 Å². The molecular weight excluding hydrogens is 444 g/mol. The van der Waals surface area contributed by atoms with Crippen LogP contribution < -0.4 is 14.8 Å². The fourth-order valence-corrected chi connectivity index (χ4v) is 4.73. The highest BCUT2D eigenvalue weighted by atomic mass is 35.5. The van der Waals surface area contributed by atoms with E-state index in [1.54, 1.807) is 26.0 Å². The fourth-order valence-electron chi connectivity index (χ4n) is 3.52. The molecule has 0 bridgehead atoms. The molecule has 3 aromatic carbocycles. The Bertz CT molecular complexity index is 1210. The molecule has 0 aromatic heterocycles. The van der Waals surface area contributed by atoms with Crippen LogP contribution in [0.2, 0.25) is 5.02 Å². The standard InChI is InChI=1S/C25H23ClN2O3S/c1-15-19-14-18(26)6-9-23(19)32-24-8-5-17(13-20(24)28-15)25(29)27-11-10-16-4-7-21(30-2)22(12-16)31-3/h4-9,12-14H,10-11H2,1-3H3,(H,27,29). The molecule has 0 unspecified atom stereocenters. The van der Waals surface area contributed by atoms with Crippen LogP contribution in [0.3, 0.4) is 0 Å². The number of carbonyl (C=O) groups is 1. The van der Waals surface area contributed by atoms with Crippen LogP contribution in [0, 0.1) is 0 Å². The number of rotatable bonds is 6. The summed E-state index contributed by atoms with van der Waals surface area (Å²) in [5, 5.41) is 3.67. The van der Waals surface area contributed by atoms with Crippen LogP contribution in [0.5, 0.6) is 11.5 Å². The van der Waals surface area contributed by atoms with Crippen LogP contribution in [0.25, 0.3) is 0 Å². The average molecular weight is 467 g/mol. The lowest BCUT2D eigenvalue weighted by Crippen LogP contribution is -2.25. The van der Waals surface area contributed by atoms with Crippen LogP contribution in [0.15, 0.2) is 69.4 Å². The number of nitrogens with zero attached hydrogens (tertiary/aromatic N) is 1. The number of benzene rings is 3. The summed E-state index contributed by atoms with van der Waals surface area (Å²) in [6.07, 6.45) is 0.681. The van der Waals surface area contributed by atoms with Crippen LogP contribution in [0.4, 0.5) is 5.69 Å². The van der Waals surface area contributed by atoms with Crippen molar-refractivity contribution in [1.29, 1.82) is 0 Å². The van der Waals surface area contributed by atoms with E-state index in [9.17, 15) is 4.79 Å². The second-order valence-corrected chi connectivity index (χ2v) is 8.84. The molecule has 4 rings (SSSR count). The van der Waals surface area contributed by atoms with Gasteiger partial charge in [-0.3, -0.25) is 9.79 Å². The molecule has 5 nitrogen and oxygen atoms in total. The summed E-state index contributed by atoms with van der Waals surface area (Å²) in [7, 11) is 3.22. The van der Waals surface area contributed by atoms with Crippen LogP contribution in [0.1, 0.15) is 28.4 Å². The van der Waals surface area contributed by atoms with Crippen molar-refractivity contribution < 1.29 is 14.3 Å². The minimum atomic E-state index is -0.129. The Morgan fingerprint density at radius 1 is 1.00 bits per heavy atom. The van der Waals surface area contributed by atoms with E-state index < -0.39 is 0 Å². The van der Waals surface area contributed by atoms with Gasteiger partial charge in [0.25, 0.3) is 5.91 Å². The molecule has 3 aromatic rings. The third kappa shape index (κ3) is 4.76. The molecule has 0 fully saturated rings. The monoisotopic (exact) mass is 466 g/mol. The fraction of sp³-hybridized carbons (Fsp3) is 0.200. The van der Waals surface area contributed by atoms with Crippen molar-refractivity contribution in [2.24, 2.45) is 4.99 Å². The Kier molecular flexibility index (Phi) is 6.72. The zero-order valence-corrected chi connectivity index (χ0v) is 19.6. The molecule has 0 spiro atoms. The van der Waals surface area contributed by atoms with E-state index in [0.717, 1.165) is 32.3 Å². The van der Waals surface area contributed by atoms with E-state index in [-0.39, 0.29) is 5.91 Å². The number of methoxy groups -OCH3 is 2. The molecule has 0 radical (unpaired) electrons. The van der Waals surface area contributed by atoms with Gasteiger partial charge in [-0.15, -0.1) is 0 Å². The van der Waals surface area contributed by atoms with Crippen molar-refractivity contribution in [3.63, 3.8) is 0 Å². The summed E-state index contributed by atoms with van der Waals surface area (Å²) in [6, 6.07) is 17.2. The number of halogens is 1. The number of amides is 1. The molecule has 1 N–H and O–H groups in total. The smallest absolute Gasteiger partial charge is 0.251 e. The van der Waals surface area contributed by atoms with E-state index >= 15 is 0 Å². The SMILES string of the molecule is COc1ccc(CCNC(=O)c2ccc3c(c2)N=C(C)c2cc(Cl)ccc2S3)cc1OC. The molecule has 32 heavy (non-hydrogen) atoms. The van der Waals surface area contributed by atoms with Crippen molar-refractivity contribution >= 4 is 40.7 Å². The first-order valence-corrected chi connectivity index (χ1v) is 11.3. The number of ether oxygens (including phenoxy) is 2. The van der Waals surface area contributed by atoms with Crippen LogP contribution in [-0.4, -0.2) is 32.4 Å². The van der Waals surface area contributed by atoms with Gasteiger partial charge in [0.05, 0.1) is 19.9 Å². The Morgan fingerprint density at radius 3 is 2.56 bits per heavy atom. The zero-order valence-electron chi connectivity index (χ0n) is 18.1. The molecule has 1 amide bonds. The Balaban J connectivity index is 1.46. The molecule has 164 valence electrons. The maximum atomic E-state index is 12.7. The molecule has 0 saturated carbocycles. The lowest BCUT2D eigenvalue weighted by molar-refractivity contribution is 0.0954. The molecule has 1 heterocycles. The quantitative estimate of drug-likeness (QED) is 0.488. The minimum Gasteiger partial charge on any atom is -0.493 e. The third-order valence-corrected chi connectivity index (χ3v) is 6.58. The number of hydrogen-bond donors (Lipinski definition) is 1. The van der Waals surface area contributed by atoms with Crippen molar-refractivity contribution in [3.05, 3.63) is 76.3 Å². The van der Waals surface area contributed by atoms with Gasteiger partial charge in [0, 0.05) is 38.2 Å². The number of nitrogens with one attached hydrogen (secondary N) is 1. The van der Waals surface area contributed by atoms with Crippen molar-refractivity contribution in [1.82, 2.24) is 5.32 Å². The molecule has 0 saturated heterocycles. The van der Waals surface area contributed by atoms with Gasteiger partial charge >= 0.3 is 0 Å². The first kappa shape index (κ1) is 22.2. The molecule has 0 atom stereocenters. The topological polar surface area (TPSA) is 59.9 Å². The lowest BCUT2D eigenvalue weighted by Gasteiger charge is -2.11. The summed E-state index contributed by atoms with van der Waals surface area (Å²) in [5.74, 6) is 1.23. The highest BCUT2D eigenvalue weighted by molar-refractivity contribution is 7.99. The van der Waals surface area contributed by atoms with Crippen molar-refractivity contribution in [2.45, 2.75) is 23.1 Å². The van der Waals surface area contributed by atoms with E-state index in [1.165, 1.54) is 0 Å². The molecular formula is C25H23ClN2O3S. The molecule has 0 aliphatic carbocycles. The second-order valence-electron chi connectivity index (χ2n) is 7.32. The third-order valence-electron chi connectivity index (χ3n) is 5.21. The minimum absolute atomic E-state index is 0.129. The number of fused-ring (bicyclic) bond motifs is 2.